The fourth-order valence-electron chi connectivity index (χ4n) is 1.30. The lowest BCUT2D eigenvalue weighted by molar-refractivity contribution is -0.121. The molecule has 0 saturated carbocycles. The van der Waals surface area contributed by atoms with Crippen LogP contribution in [0.1, 0.15) is 12.0 Å². The highest BCUT2D eigenvalue weighted by Gasteiger charge is 2.10. The monoisotopic (exact) mass is 276 g/mol. The van der Waals surface area contributed by atoms with Crippen LogP contribution in [0.3, 0.4) is 0 Å². The van der Waals surface area contributed by atoms with Gasteiger partial charge in [-0.15, -0.1) is 0 Å². The highest BCUT2D eigenvalue weighted by molar-refractivity contribution is 6.35. The third kappa shape index (κ3) is 4.07. The van der Waals surface area contributed by atoms with Crippen LogP contribution in [0, 0.1) is 0 Å². The van der Waals surface area contributed by atoms with Gasteiger partial charge >= 0.3 is 0 Å². The Morgan fingerprint density at radius 1 is 1.47 bits per heavy atom. The number of ether oxygens (including phenoxy) is 1. The van der Waals surface area contributed by atoms with Gasteiger partial charge < -0.3 is 15.8 Å². The van der Waals surface area contributed by atoms with Gasteiger partial charge in [0.15, 0.2) is 0 Å². The van der Waals surface area contributed by atoms with Gasteiger partial charge in [0.05, 0.1) is 18.1 Å². The van der Waals surface area contributed by atoms with Crippen molar-refractivity contribution in [2.24, 2.45) is 5.73 Å². The Hall–Kier alpha value is -0.970. The average molecular weight is 277 g/mol. The predicted molar refractivity (Wildman–Crippen MR) is 68.5 cm³/mol. The molecule has 1 rings (SSSR count). The van der Waals surface area contributed by atoms with E-state index < -0.39 is 0 Å². The lowest BCUT2D eigenvalue weighted by Crippen LogP contribution is -2.20. The second kappa shape index (κ2) is 6.69. The number of benzene rings is 1. The van der Waals surface area contributed by atoms with Gasteiger partial charge in [-0.05, 0) is 12.1 Å². The van der Waals surface area contributed by atoms with E-state index in [-0.39, 0.29) is 25.5 Å². The summed E-state index contributed by atoms with van der Waals surface area (Å²) >= 11 is 11.8. The molecular weight excluding hydrogens is 263 g/mol. The van der Waals surface area contributed by atoms with Crippen LogP contribution in [0.25, 0.3) is 0 Å². The first-order valence-electron chi connectivity index (χ1n) is 5.09. The molecule has 0 bridgehead atoms. The van der Waals surface area contributed by atoms with Crippen molar-refractivity contribution in [2.75, 3.05) is 13.7 Å². The number of nitrogens with one attached hydrogen (secondary N) is 1. The molecule has 0 unspecified atom stereocenters. The molecule has 1 aromatic rings. The van der Waals surface area contributed by atoms with Gasteiger partial charge in [-0.2, -0.15) is 0 Å². The summed E-state index contributed by atoms with van der Waals surface area (Å²) in [6, 6.07) is 3.28. The van der Waals surface area contributed by atoms with E-state index in [0.717, 1.165) is 5.56 Å². The Morgan fingerprint density at radius 3 is 2.76 bits per heavy atom. The standard InChI is InChI=1S/C11H14Cl2N2O2/c1-15-10(16)2-3-17-11-7(6-14)4-8(12)5-9(11)13/h4-5H,2-3,6,14H2,1H3,(H,15,16). The summed E-state index contributed by atoms with van der Waals surface area (Å²) in [4.78, 5) is 11.0. The van der Waals surface area contributed by atoms with E-state index in [9.17, 15) is 4.79 Å². The third-order valence-electron chi connectivity index (χ3n) is 2.16. The van der Waals surface area contributed by atoms with Gasteiger partial charge in [0, 0.05) is 24.2 Å². The first-order valence-corrected chi connectivity index (χ1v) is 5.85. The van der Waals surface area contributed by atoms with Gasteiger partial charge in [-0.25, -0.2) is 0 Å². The number of hydrogen-bond donors (Lipinski definition) is 2. The molecule has 0 aromatic heterocycles. The smallest absolute Gasteiger partial charge is 0.223 e. The van der Waals surface area contributed by atoms with Gasteiger partial charge in [0.25, 0.3) is 0 Å². The summed E-state index contributed by atoms with van der Waals surface area (Å²) in [6.07, 6.45) is 0.263. The number of carbonyl (C=O) groups excluding carboxylic acids is 1. The van der Waals surface area contributed by atoms with E-state index in [1.165, 1.54) is 0 Å². The minimum Gasteiger partial charge on any atom is -0.491 e. The first-order chi connectivity index (χ1) is 8.08. The van der Waals surface area contributed by atoms with Crippen molar-refractivity contribution in [1.82, 2.24) is 5.32 Å². The van der Waals surface area contributed by atoms with Crippen molar-refractivity contribution in [2.45, 2.75) is 13.0 Å². The molecule has 4 nitrogen and oxygen atoms in total. The molecule has 1 amide bonds. The van der Waals surface area contributed by atoms with Crippen LogP contribution < -0.4 is 15.8 Å². The van der Waals surface area contributed by atoms with Crippen molar-refractivity contribution in [1.29, 1.82) is 0 Å². The fourth-order valence-corrected chi connectivity index (χ4v) is 1.89. The maximum absolute atomic E-state index is 11.0. The third-order valence-corrected chi connectivity index (χ3v) is 2.66. The number of nitrogens with two attached hydrogens (primary N) is 1. The number of rotatable bonds is 5. The second-order valence-corrected chi connectivity index (χ2v) is 4.20. The molecule has 94 valence electrons. The van der Waals surface area contributed by atoms with E-state index in [2.05, 4.69) is 5.32 Å². The number of hydrogen-bond acceptors (Lipinski definition) is 3. The Bertz CT molecular complexity index is 411. The minimum atomic E-state index is -0.0932. The van der Waals surface area contributed by atoms with Crippen LogP contribution in [-0.2, 0) is 11.3 Å². The molecule has 0 spiro atoms. The van der Waals surface area contributed by atoms with Gasteiger partial charge in [-0.1, -0.05) is 23.2 Å². The van der Waals surface area contributed by atoms with Crippen molar-refractivity contribution in [3.8, 4) is 5.75 Å². The number of amides is 1. The van der Waals surface area contributed by atoms with Crippen molar-refractivity contribution in [3.63, 3.8) is 0 Å². The summed E-state index contributed by atoms with van der Waals surface area (Å²) in [7, 11) is 1.57. The van der Waals surface area contributed by atoms with Crippen molar-refractivity contribution < 1.29 is 9.53 Å². The Morgan fingerprint density at radius 2 is 2.18 bits per heavy atom. The van der Waals surface area contributed by atoms with Gasteiger partial charge in [-0.3, -0.25) is 4.79 Å². The number of carbonyl (C=O) groups is 1. The molecule has 0 atom stereocenters. The Balaban J connectivity index is 2.73. The van der Waals surface area contributed by atoms with E-state index in [0.29, 0.717) is 15.8 Å². The topological polar surface area (TPSA) is 64.3 Å². The average Bonchev–Trinajstić information content (AvgIpc) is 2.30. The normalized spacial score (nSPS) is 10.1. The second-order valence-electron chi connectivity index (χ2n) is 3.35. The van der Waals surface area contributed by atoms with Gasteiger partial charge in [0.2, 0.25) is 5.91 Å². The van der Waals surface area contributed by atoms with Crippen LogP contribution >= 0.6 is 23.2 Å². The van der Waals surface area contributed by atoms with Crippen LogP contribution in [0.2, 0.25) is 10.0 Å². The SMILES string of the molecule is CNC(=O)CCOc1c(Cl)cc(Cl)cc1CN. The molecule has 6 heteroatoms. The predicted octanol–water partition coefficient (Wildman–Crippen LogP) is 1.97. The lowest BCUT2D eigenvalue weighted by Gasteiger charge is -2.12. The summed E-state index contributed by atoms with van der Waals surface area (Å²) in [5, 5.41) is 3.41. The van der Waals surface area contributed by atoms with Crippen LogP contribution in [-0.4, -0.2) is 19.6 Å². The van der Waals surface area contributed by atoms with E-state index in [4.69, 9.17) is 33.7 Å². The zero-order valence-electron chi connectivity index (χ0n) is 9.43. The zero-order valence-corrected chi connectivity index (χ0v) is 10.9. The summed E-state index contributed by atoms with van der Waals surface area (Å²) in [6.45, 7) is 0.517. The van der Waals surface area contributed by atoms with Crippen molar-refractivity contribution >= 4 is 29.1 Å². The number of halogens is 2. The quantitative estimate of drug-likeness (QED) is 0.864. The molecular formula is C11H14Cl2N2O2. The summed E-state index contributed by atoms with van der Waals surface area (Å²) in [5.74, 6) is 0.395. The zero-order chi connectivity index (χ0) is 12.8. The highest BCUT2D eigenvalue weighted by Crippen LogP contribution is 2.32. The fraction of sp³-hybridized carbons (Fsp3) is 0.364. The Labute approximate surface area is 110 Å². The van der Waals surface area contributed by atoms with Crippen LogP contribution in [0.4, 0.5) is 0 Å². The minimum absolute atomic E-state index is 0.0932. The molecule has 0 saturated heterocycles. The van der Waals surface area contributed by atoms with Gasteiger partial charge in [0.1, 0.15) is 5.75 Å². The molecule has 3 N–H and O–H groups in total. The van der Waals surface area contributed by atoms with Crippen LogP contribution in [0.5, 0.6) is 5.75 Å². The van der Waals surface area contributed by atoms with Crippen molar-refractivity contribution in [3.05, 3.63) is 27.7 Å². The highest BCUT2D eigenvalue weighted by atomic mass is 35.5. The van der Waals surface area contributed by atoms with E-state index in [1.807, 2.05) is 0 Å². The molecule has 0 fully saturated rings. The molecule has 0 heterocycles. The first kappa shape index (κ1) is 14.1. The lowest BCUT2D eigenvalue weighted by atomic mass is 10.2. The van der Waals surface area contributed by atoms with Crippen LogP contribution in [0.15, 0.2) is 12.1 Å². The maximum Gasteiger partial charge on any atom is 0.223 e. The molecule has 17 heavy (non-hydrogen) atoms. The summed E-state index contributed by atoms with van der Waals surface area (Å²) < 4.78 is 5.45. The van der Waals surface area contributed by atoms with E-state index >= 15 is 0 Å². The molecule has 0 radical (unpaired) electrons. The summed E-state index contributed by atoms with van der Waals surface area (Å²) in [5.41, 5.74) is 6.29. The molecule has 0 aliphatic carbocycles. The molecule has 1 aromatic carbocycles. The Kier molecular flexibility index (Phi) is 5.55. The molecule has 0 aliphatic heterocycles. The largest absolute Gasteiger partial charge is 0.491 e. The maximum atomic E-state index is 11.0. The molecule has 0 aliphatic rings. The van der Waals surface area contributed by atoms with E-state index in [1.54, 1.807) is 19.2 Å².